The van der Waals surface area contributed by atoms with E-state index in [-0.39, 0.29) is 0 Å². The van der Waals surface area contributed by atoms with Crippen LogP contribution in [-0.4, -0.2) is 37.3 Å². The number of carbonyl (C=O) groups excluding carboxylic acids is 3. The summed E-state index contributed by atoms with van der Waals surface area (Å²) < 4.78 is 0. The van der Waals surface area contributed by atoms with Crippen LogP contribution < -0.4 is 10.6 Å². The summed E-state index contributed by atoms with van der Waals surface area (Å²) in [5.41, 5.74) is 0.603. The van der Waals surface area contributed by atoms with Crippen LogP contribution in [0, 0.1) is 0 Å². The Labute approximate surface area is 105 Å². The molecule has 0 bridgehead atoms. The van der Waals surface area contributed by atoms with E-state index in [1.807, 2.05) is 0 Å². The summed E-state index contributed by atoms with van der Waals surface area (Å²) in [6.45, 7) is 0. The van der Waals surface area contributed by atoms with Crippen LogP contribution in [0.25, 0.3) is 0 Å². The molecule has 1 aromatic carbocycles. The Kier molecular flexibility index (Phi) is 4.86. The monoisotopic (exact) mass is 248 g/mol. The van der Waals surface area contributed by atoms with Gasteiger partial charge in [0.05, 0.1) is 0 Å². The fraction of sp³-hybridized carbons (Fsp3) is 0.250. The summed E-state index contributed by atoms with van der Waals surface area (Å²) in [5.74, 6) is 0. The Bertz CT molecular complexity index is 433. The summed E-state index contributed by atoms with van der Waals surface area (Å²) in [6.07, 6.45) is 1.72. The zero-order valence-electron chi connectivity index (χ0n) is 10.1. The van der Waals surface area contributed by atoms with Crippen LogP contribution >= 0.6 is 0 Å². The van der Waals surface area contributed by atoms with Gasteiger partial charge >= 0.3 is 12.1 Å². The van der Waals surface area contributed by atoms with Crippen molar-refractivity contribution < 1.29 is 14.4 Å². The highest BCUT2D eigenvalue weighted by Gasteiger charge is 2.20. The molecule has 0 fully saturated rings. The van der Waals surface area contributed by atoms with Crippen LogP contribution in [0.3, 0.4) is 0 Å². The van der Waals surface area contributed by atoms with Gasteiger partial charge in [-0.2, -0.15) is 0 Å². The summed E-state index contributed by atoms with van der Waals surface area (Å²) >= 11 is 0. The van der Waals surface area contributed by atoms with Crippen LogP contribution in [0.4, 0.5) is 9.59 Å². The smallest absolute Gasteiger partial charge is 0.326 e. The van der Waals surface area contributed by atoms with Gasteiger partial charge in [-0.25, -0.2) is 14.5 Å². The van der Waals surface area contributed by atoms with E-state index in [2.05, 4.69) is 10.6 Å². The molecule has 1 aromatic rings. The minimum Gasteiger partial charge on any atom is -0.341 e. The molecular weight excluding hydrogens is 234 g/mol. The lowest BCUT2D eigenvalue weighted by Gasteiger charge is -2.18. The highest BCUT2D eigenvalue weighted by Crippen LogP contribution is 2.10. The highest BCUT2D eigenvalue weighted by molar-refractivity contribution is 5.94. The Morgan fingerprint density at radius 2 is 1.83 bits per heavy atom. The number of hydrogen-bond acceptors (Lipinski definition) is 3. The number of rotatable bonds is 3. The van der Waals surface area contributed by atoms with Crippen molar-refractivity contribution in [2.24, 2.45) is 0 Å². The molecule has 0 aliphatic rings. The Hall–Kier alpha value is -2.37. The van der Waals surface area contributed by atoms with Crippen molar-refractivity contribution in [1.82, 2.24) is 15.5 Å². The van der Waals surface area contributed by atoms with Crippen molar-refractivity contribution in [1.29, 1.82) is 0 Å². The number of imide groups is 1. The first kappa shape index (κ1) is 13.7. The highest BCUT2D eigenvalue weighted by atomic mass is 16.2. The van der Waals surface area contributed by atoms with E-state index in [0.29, 0.717) is 5.56 Å². The van der Waals surface area contributed by atoms with Gasteiger partial charge in [-0.05, 0) is 5.56 Å². The third-order valence-electron chi connectivity index (χ3n) is 2.34. The van der Waals surface area contributed by atoms with Crippen molar-refractivity contribution in [3.8, 4) is 0 Å². The van der Waals surface area contributed by atoms with Gasteiger partial charge in [-0.15, -0.1) is 0 Å². The van der Waals surface area contributed by atoms with Gasteiger partial charge in [0, 0.05) is 14.1 Å². The molecule has 4 amide bonds. The molecule has 1 unspecified atom stereocenters. The van der Waals surface area contributed by atoms with Gasteiger partial charge in [-0.1, -0.05) is 30.3 Å². The molecule has 0 heterocycles. The standard InChI is InChI=1S/C12H14N3O3/c1-13-11(17)15(2)12(18)14-10(8-16)9-6-4-3-5-7-9/h3-7,10H,1-2H3,(H,13,17)(H,14,18). The molecule has 1 rings (SSSR count). The van der Waals surface area contributed by atoms with Crippen LogP contribution in [0.5, 0.6) is 0 Å². The van der Waals surface area contributed by atoms with E-state index >= 15 is 0 Å². The minimum absolute atomic E-state index is 0.565. The first-order valence-electron chi connectivity index (χ1n) is 5.28. The number of benzene rings is 1. The van der Waals surface area contributed by atoms with Crippen molar-refractivity contribution in [2.75, 3.05) is 14.1 Å². The normalized spacial score (nSPS) is 11.2. The number of urea groups is 2. The van der Waals surface area contributed by atoms with E-state index < -0.39 is 18.1 Å². The predicted octanol–water partition coefficient (Wildman–Crippen LogP) is 0.818. The molecule has 0 saturated carbocycles. The summed E-state index contributed by atoms with van der Waals surface area (Å²) in [7, 11) is 2.72. The summed E-state index contributed by atoms with van der Waals surface area (Å²) in [4.78, 5) is 34.6. The number of carbonyl (C=O) groups is 2. The molecule has 0 saturated heterocycles. The lowest BCUT2D eigenvalue weighted by molar-refractivity contribution is 0.194. The first-order chi connectivity index (χ1) is 8.60. The van der Waals surface area contributed by atoms with Crippen molar-refractivity contribution in [3.05, 3.63) is 35.9 Å². The maximum absolute atomic E-state index is 11.7. The molecule has 95 valence electrons. The molecule has 0 aromatic heterocycles. The van der Waals surface area contributed by atoms with E-state index in [1.165, 1.54) is 14.1 Å². The summed E-state index contributed by atoms with van der Waals surface area (Å²) in [5, 5.41) is 4.70. The average Bonchev–Trinajstić information content (AvgIpc) is 2.43. The molecule has 0 aliphatic heterocycles. The maximum Gasteiger partial charge on any atom is 0.326 e. The molecule has 1 atom stereocenters. The van der Waals surface area contributed by atoms with Crippen LogP contribution in [0.2, 0.25) is 0 Å². The topological polar surface area (TPSA) is 78.5 Å². The second-order valence-corrected chi connectivity index (χ2v) is 3.53. The number of nitrogens with zero attached hydrogens (tertiary/aromatic N) is 1. The van der Waals surface area contributed by atoms with Crippen LogP contribution in [0.15, 0.2) is 30.3 Å². The van der Waals surface area contributed by atoms with Crippen molar-refractivity contribution in [3.63, 3.8) is 0 Å². The largest absolute Gasteiger partial charge is 0.341 e. The van der Waals surface area contributed by atoms with Gasteiger partial charge in [0.15, 0.2) is 0 Å². The number of amides is 4. The molecule has 0 aliphatic carbocycles. The number of nitrogens with one attached hydrogen (secondary N) is 2. The van der Waals surface area contributed by atoms with Crippen molar-refractivity contribution in [2.45, 2.75) is 6.04 Å². The zero-order valence-corrected chi connectivity index (χ0v) is 10.1. The second-order valence-electron chi connectivity index (χ2n) is 3.53. The van der Waals surface area contributed by atoms with Gasteiger partial charge in [0.2, 0.25) is 6.29 Å². The Morgan fingerprint density at radius 3 is 2.33 bits per heavy atom. The van der Waals surface area contributed by atoms with E-state index in [4.69, 9.17) is 0 Å². The van der Waals surface area contributed by atoms with Crippen LogP contribution in [-0.2, 0) is 4.79 Å². The zero-order chi connectivity index (χ0) is 13.5. The van der Waals surface area contributed by atoms with Crippen molar-refractivity contribution >= 4 is 18.3 Å². The van der Waals surface area contributed by atoms with E-state index in [9.17, 15) is 14.4 Å². The van der Waals surface area contributed by atoms with Gasteiger partial charge in [0.25, 0.3) is 0 Å². The molecular formula is C12H14N3O3. The third kappa shape index (κ3) is 3.31. The lowest BCUT2D eigenvalue weighted by Crippen LogP contribution is -2.46. The molecule has 1 radical (unpaired) electrons. The molecule has 0 spiro atoms. The molecule has 6 nitrogen and oxygen atoms in total. The number of hydrogen-bond donors (Lipinski definition) is 2. The first-order valence-corrected chi connectivity index (χ1v) is 5.28. The van der Waals surface area contributed by atoms with Gasteiger partial charge < -0.3 is 10.6 Å². The molecule has 2 N–H and O–H groups in total. The fourth-order valence-corrected chi connectivity index (χ4v) is 1.31. The average molecular weight is 248 g/mol. The van der Waals surface area contributed by atoms with Gasteiger partial charge in [0.1, 0.15) is 6.04 Å². The molecule has 6 heteroatoms. The maximum atomic E-state index is 11.7. The van der Waals surface area contributed by atoms with E-state index in [1.54, 1.807) is 36.6 Å². The quantitative estimate of drug-likeness (QED) is 0.831. The van der Waals surface area contributed by atoms with Crippen LogP contribution in [0.1, 0.15) is 11.6 Å². The predicted molar refractivity (Wildman–Crippen MR) is 65.6 cm³/mol. The van der Waals surface area contributed by atoms with Gasteiger partial charge in [-0.3, -0.25) is 4.79 Å². The Balaban J connectivity index is 2.73. The third-order valence-corrected chi connectivity index (χ3v) is 2.34. The second kappa shape index (κ2) is 6.39. The molecule has 18 heavy (non-hydrogen) atoms. The van der Waals surface area contributed by atoms with E-state index in [0.717, 1.165) is 4.90 Å². The lowest BCUT2D eigenvalue weighted by atomic mass is 10.1. The Morgan fingerprint density at radius 1 is 1.22 bits per heavy atom. The minimum atomic E-state index is -0.897. The SMILES string of the molecule is CNC(=O)N(C)C(=O)NC([C]=O)c1ccccc1. The summed E-state index contributed by atoms with van der Waals surface area (Å²) in [6, 6.07) is 6.53. The fourth-order valence-electron chi connectivity index (χ4n) is 1.31.